The summed E-state index contributed by atoms with van der Waals surface area (Å²) in [5.41, 5.74) is 1.16. The molecule has 1 saturated heterocycles. The maximum atomic E-state index is 11.1. The summed E-state index contributed by atoms with van der Waals surface area (Å²) in [6, 6.07) is 7.85. The summed E-state index contributed by atoms with van der Waals surface area (Å²) in [5.74, 6) is 0.176. The quantitative estimate of drug-likeness (QED) is 0.707. The van der Waals surface area contributed by atoms with Gasteiger partial charge in [0.05, 0.1) is 17.8 Å². The minimum absolute atomic E-state index is 0.0202. The molecule has 25 heavy (non-hydrogen) atoms. The highest BCUT2D eigenvalue weighted by Crippen LogP contribution is 2.42. The molecule has 1 aliphatic heterocycles. The van der Waals surface area contributed by atoms with Crippen molar-refractivity contribution in [1.29, 1.82) is 0 Å². The van der Waals surface area contributed by atoms with Crippen LogP contribution in [0.3, 0.4) is 0 Å². The summed E-state index contributed by atoms with van der Waals surface area (Å²) in [6.45, 7) is 7.34. The standard InChI is InChI=1S/C20H31NO4/c1-13-17(25-18(11-12-22)19(13)20(3,4)24)10-7-15-5-8-16(9-6-15)21-14(2)23/h5-6,8-9,13,17-19,22,24H,7,10-12H2,1-4H3,(H,21,23)/t13-,17+,18-,19+/m1/s1. The first-order valence-corrected chi connectivity index (χ1v) is 9.07. The van der Waals surface area contributed by atoms with Crippen molar-refractivity contribution >= 4 is 11.6 Å². The highest BCUT2D eigenvalue weighted by Gasteiger charge is 2.47. The summed E-state index contributed by atoms with van der Waals surface area (Å²) >= 11 is 0. The van der Waals surface area contributed by atoms with Crippen LogP contribution in [0, 0.1) is 11.8 Å². The van der Waals surface area contributed by atoms with Gasteiger partial charge in [0.25, 0.3) is 0 Å². The molecular formula is C20H31NO4. The zero-order chi connectivity index (χ0) is 18.6. The van der Waals surface area contributed by atoms with E-state index in [1.807, 2.05) is 38.1 Å². The first kappa shape index (κ1) is 19.9. The number of aryl methyl sites for hydroxylation is 1. The monoisotopic (exact) mass is 349 g/mol. The Morgan fingerprint density at radius 3 is 2.36 bits per heavy atom. The maximum absolute atomic E-state index is 11.1. The first-order valence-electron chi connectivity index (χ1n) is 9.07. The lowest BCUT2D eigenvalue weighted by Crippen LogP contribution is -2.40. The number of carbonyl (C=O) groups is 1. The van der Waals surface area contributed by atoms with Crippen molar-refractivity contribution in [3.63, 3.8) is 0 Å². The molecule has 1 aromatic rings. The number of hydrogen-bond donors (Lipinski definition) is 3. The molecule has 1 aromatic carbocycles. The van der Waals surface area contributed by atoms with Gasteiger partial charge in [0.1, 0.15) is 0 Å². The van der Waals surface area contributed by atoms with E-state index in [-0.39, 0.29) is 36.6 Å². The van der Waals surface area contributed by atoms with Crippen LogP contribution in [-0.4, -0.2) is 40.5 Å². The number of hydrogen-bond acceptors (Lipinski definition) is 4. The SMILES string of the molecule is CC(=O)Nc1ccc(CC[C@@H]2O[C@H](CCO)[C@@H](C(C)(C)O)[C@@H]2C)cc1. The number of aliphatic hydroxyl groups is 2. The number of amides is 1. The zero-order valence-electron chi connectivity index (χ0n) is 15.7. The van der Waals surface area contributed by atoms with Gasteiger partial charge < -0.3 is 20.3 Å². The fraction of sp³-hybridized carbons (Fsp3) is 0.650. The molecule has 3 N–H and O–H groups in total. The molecular weight excluding hydrogens is 318 g/mol. The third kappa shape index (κ3) is 5.27. The van der Waals surface area contributed by atoms with Gasteiger partial charge in [0.15, 0.2) is 0 Å². The third-order valence-corrected chi connectivity index (χ3v) is 5.12. The first-order chi connectivity index (χ1) is 11.7. The predicted molar refractivity (Wildman–Crippen MR) is 98.4 cm³/mol. The molecule has 0 radical (unpaired) electrons. The second-order valence-corrected chi connectivity index (χ2v) is 7.68. The molecule has 140 valence electrons. The lowest BCUT2D eigenvalue weighted by Gasteiger charge is -2.32. The van der Waals surface area contributed by atoms with Crippen molar-refractivity contribution < 1.29 is 19.7 Å². The van der Waals surface area contributed by atoms with Gasteiger partial charge in [-0.3, -0.25) is 4.79 Å². The number of nitrogens with one attached hydrogen (secondary N) is 1. The molecule has 0 aromatic heterocycles. The zero-order valence-corrected chi connectivity index (χ0v) is 15.7. The van der Waals surface area contributed by atoms with E-state index in [0.29, 0.717) is 6.42 Å². The molecule has 1 amide bonds. The van der Waals surface area contributed by atoms with E-state index in [0.717, 1.165) is 18.5 Å². The number of ether oxygens (including phenoxy) is 1. The molecule has 2 rings (SSSR count). The van der Waals surface area contributed by atoms with Gasteiger partial charge in [0.2, 0.25) is 5.91 Å². The normalized spacial score (nSPS) is 26.6. The number of aliphatic hydroxyl groups excluding tert-OH is 1. The number of carbonyl (C=O) groups excluding carboxylic acids is 1. The average Bonchev–Trinajstić information content (AvgIpc) is 2.82. The Hall–Kier alpha value is -1.43. The van der Waals surface area contributed by atoms with E-state index in [1.165, 1.54) is 12.5 Å². The summed E-state index contributed by atoms with van der Waals surface area (Å²) in [5, 5.41) is 22.5. The van der Waals surface area contributed by atoms with E-state index < -0.39 is 5.60 Å². The van der Waals surface area contributed by atoms with Crippen molar-refractivity contribution in [3.8, 4) is 0 Å². The van der Waals surface area contributed by atoms with Crippen LogP contribution in [0.25, 0.3) is 0 Å². The number of benzene rings is 1. The Labute approximate surface area is 150 Å². The van der Waals surface area contributed by atoms with Gasteiger partial charge in [-0.2, -0.15) is 0 Å². The van der Waals surface area contributed by atoms with E-state index in [4.69, 9.17) is 4.74 Å². The Kier molecular flexibility index (Phi) is 6.60. The van der Waals surface area contributed by atoms with Crippen molar-refractivity contribution in [2.45, 2.75) is 64.8 Å². The van der Waals surface area contributed by atoms with Gasteiger partial charge in [-0.1, -0.05) is 19.1 Å². The topological polar surface area (TPSA) is 78.8 Å². The molecule has 1 aliphatic rings. The van der Waals surface area contributed by atoms with Crippen molar-refractivity contribution in [3.05, 3.63) is 29.8 Å². The smallest absolute Gasteiger partial charge is 0.221 e. The lowest BCUT2D eigenvalue weighted by molar-refractivity contribution is -0.114. The Balaban J connectivity index is 1.97. The molecule has 0 unspecified atom stereocenters. The van der Waals surface area contributed by atoms with Crippen LogP contribution in [0.1, 0.15) is 46.1 Å². The molecule has 0 aliphatic carbocycles. The van der Waals surface area contributed by atoms with Crippen LogP contribution in [0.2, 0.25) is 0 Å². The van der Waals surface area contributed by atoms with Gasteiger partial charge in [-0.15, -0.1) is 0 Å². The Morgan fingerprint density at radius 2 is 1.84 bits per heavy atom. The minimum Gasteiger partial charge on any atom is -0.396 e. The van der Waals surface area contributed by atoms with Gasteiger partial charge in [-0.05, 0) is 56.7 Å². The molecule has 5 heteroatoms. The average molecular weight is 349 g/mol. The van der Waals surface area contributed by atoms with Crippen LogP contribution < -0.4 is 5.32 Å². The van der Waals surface area contributed by atoms with Gasteiger partial charge in [-0.25, -0.2) is 0 Å². The largest absolute Gasteiger partial charge is 0.396 e. The van der Waals surface area contributed by atoms with Crippen LogP contribution in [0.15, 0.2) is 24.3 Å². The lowest BCUT2D eigenvalue weighted by atomic mass is 9.76. The van der Waals surface area contributed by atoms with Crippen molar-refractivity contribution in [2.24, 2.45) is 11.8 Å². The molecule has 0 bridgehead atoms. The summed E-state index contributed by atoms with van der Waals surface area (Å²) < 4.78 is 6.17. The minimum atomic E-state index is -0.825. The van der Waals surface area contributed by atoms with Crippen molar-refractivity contribution in [2.75, 3.05) is 11.9 Å². The second kappa shape index (κ2) is 8.30. The van der Waals surface area contributed by atoms with E-state index >= 15 is 0 Å². The van der Waals surface area contributed by atoms with Crippen LogP contribution in [-0.2, 0) is 16.0 Å². The fourth-order valence-electron chi connectivity index (χ4n) is 4.07. The molecule has 4 atom stereocenters. The molecule has 5 nitrogen and oxygen atoms in total. The number of anilines is 1. The van der Waals surface area contributed by atoms with Crippen LogP contribution >= 0.6 is 0 Å². The molecule has 1 heterocycles. The molecule has 1 fully saturated rings. The van der Waals surface area contributed by atoms with Gasteiger partial charge >= 0.3 is 0 Å². The van der Waals surface area contributed by atoms with Crippen molar-refractivity contribution in [1.82, 2.24) is 0 Å². The highest BCUT2D eigenvalue weighted by molar-refractivity contribution is 5.88. The van der Waals surface area contributed by atoms with E-state index in [2.05, 4.69) is 12.2 Å². The summed E-state index contributed by atoms with van der Waals surface area (Å²) in [4.78, 5) is 11.1. The summed E-state index contributed by atoms with van der Waals surface area (Å²) in [6.07, 6.45) is 2.27. The Bertz CT molecular complexity index is 564. The predicted octanol–water partition coefficient (Wildman–Crippen LogP) is 2.75. The molecule has 0 spiro atoms. The fourth-order valence-corrected chi connectivity index (χ4v) is 4.07. The number of rotatable bonds is 7. The summed E-state index contributed by atoms with van der Waals surface area (Å²) in [7, 11) is 0. The van der Waals surface area contributed by atoms with E-state index in [9.17, 15) is 15.0 Å². The van der Waals surface area contributed by atoms with E-state index in [1.54, 1.807) is 0 Å². The molecule has 0 saturated carbocycles. The Morgan fingerprint density at radius 1 is 1.20 bits per heavy atom. The van der Waals surface area contributed by atoms with Gasteiger partial charge in [0, 0.05) is 25.1 Å². The third-order valence-electron chi connectivity index (χ3n) is 5.12. The van der Waals surface area contributed by atoms with Crippen LogP contribution in [0.5, 0.6) is 0 Å². The highest BCUT2D eigenvalue weighted by atomic mass is 16.5. The second-order valence-electron chi connectivity index (χ2n) is 7.68. The van der Waals surface area contributed by atoms with Crippen LogP contribution in [0.4, 0.5) is 5.69 Å². The maximum Gasteiger partial charge on any atom is 0.221 e.